The smallest absolute Gasteiger partial charge is 0.407 e. The minimum Gasteiger partial charge on any atom is -0.453 e. The fourth-order valence-corrected chi connectivity index (χ4v) is 12.1. The van der Waals surface area contributed by atoms with Crippen molar-refractivity contribution >= 4 is 29.6 Å². The van der Waals surface area contributed by atoms with Crippen LogP contribution in [0.2, 0.25) is 0 Å². The number of alkyl carbamates (subject to hydrolysis) is 2. The number of hydrogen-bond acceptors (Lipinski definition) is 8. The zero-order valence-corrected chi connectivity index (χ0v) is 41.2. The molecule has 2 saturated heterocycles. The van der Waals surface area contributed by atoms with Crippen LogP contribution in [-0.4, -0.2) is 93.1 Å². The van der Waals surface area contributed by atoms with Crippen molar-refractivity contribution in [2.75, 3.05) is 27.3 Å². The third-order valence-electron chi connectivity index (χ3n) is 15.8. The summed E-state index contributed by atoms with van der Waals surface area (Å²) in [6.07, 6.45) is 14.0. The molecule has 10 rings (SSSR count). The number of hydrogen-bond donors (Lipinski definition) is 4. The van der Waals surface area contributed by atoms with E-state index in [0.29, 0.717) is 30.8 Å². The summed E-state index contributed by atoms with van der Waals surface area (Å²) in [6.45, 7) is 8.92. The third kappa shape index (κ3) is 9.01. The highest BCUT2D eigenvalue weighted by atomic mass is 16.5. The summed E-state index contributed by atoms with van der Waals surface area (Å²) < 4.78 is 9.62. The Morgan fingerprint density at radius 1 is 0.629 bits per heavy atom. The van der Waals surface area contributed by atoms with E-state index in [1.54, 1.807) is 0 Å². The van der Waals surface area contributed by atoms with Crippen LogP contribution >= 0.6 is 0 Å². The van der Waals surface area contributed by atoms with E-state index in [0.717, 1.165) is 85.5 Å². The summed E-state index contributed by atoms with van der Waals surface area (Å²) >= 11 is 0. The van der Waals surface area contributed by atoms with E-state index >= 15 is 0 Å². The Kier molecular flexibility index (Phi) is 13.2. The number of H-pyrrole nitrogens is 2. The number of imidazole rings is 2. The molecule has 3 aliphatic carbocycles. The number of benzene rings is 3. The molecule has 0 spiro atoms. The van der Waals surface area contributed by atoms with Gasteiger partial charge in [0.05, 0.1) is 50.1 Å². The Hall–Kier alpha value is -6.70. The summed E-state index contributed by atoms with van der Waals surface area (Å²) in [6, 6.07) is 21.1. The fraction of sp³-hybridized carbons (Fsp3) is 0.464. The predicted octanol–water partition coefficient (Wildman–Crippen LogP) is 9.92. The van der Waals surface area contributed by atoms with Gasteiger partial charge in [-0.3, -0.25) is 9.59 Å². The number of allylic oxidation sites excluding steroid dienone is 2. The van der Waals surface area contributed by atoms with E-state index in [9.17, 15) is 19.2 Å². The molecular weight excluding hydrogens is 881 g/mol. The first kappa shape index (κ1) is 47.0. The summed E-state index contributed by atoms with van der Waals surface area (Å²) in [7, 11) is 2.62. The minimum atomic E-state index is -0.677. The van der Waals surface area contributed by atoms with E-state index in [2.05, 4.69) is 87.3 Å². The highest BCUT2D eigenvalue weighted by Crippen LogP contribution is 2.53. The van der Waals surface area contributed by atoms with Crippen molar-refractivity contribution in [1.29, 1.82) is 0 Å². The molecule has 3 aromatic carbocycles. The number of likely N-dealkylation sites (tertiary alicyclic amines) is 2. The van der Waals surface area contributed by atoms with Crippen LogP contribution in [0.4, 0.5) is 9.59 Å². The Labute approximate surface area is 410 Å². The molecule has 2 aliphatic heterocycles. The molecule has 366 valence electrons. The number of aromatic nitrogens is 4. The molecule has 5 aromatic rings. The lowest BCUT2D eigenvalue weighted by molar-refractivity contribution is -0.136. The number of amides is 4. The van der Waals surface area contributed by atoms with Gasteiger partial charge in [0.1, 0.15) is 23.7 Å². The number of carbonyl (C=O) groups excluding carboxylic acids is 4. The fourth-order valence-electron chi connectivity index (χ4n) is 12.1. The zero-order valence-electron chi connectivity index (χ0n) is 41.2. The van der Waals surface area contributed by atoms with Gasteiger partial charge in [-0.25, -0.2) is 19.6 Å². The van der Waals surface area contributed by atoms with Crippen LogP contribution in [0.1, 0.15) is 125 Å². The van der Waals surface area contributed by atoms with Gasteiger partial charge in [0, 0.05) is 13.1 Å². The molecule has 4 N–H and O–H groups in total. The lowest BCUT2D eigenvalue weighted by atomic mass is 9.62. The molecule has 0 radical (unpaired) electrons. The Morgan fingerprint density at radius 2 is 1.13 bits per heavy atom. The highest BCUT2D eigenvalue weighted by molar-refractivity contribution is 5.87. The molecule has 0 saturated carbocycles. The van der Waals surface area contributed by atoms with Gasteiger partial charge in [-0.15, -0.1) is 0 Å². The van der Waals surface area contributed by atoms with Crippen molar-refractivity contribution < 1.29 is 28.7 Å². The molecule has 4 amide bonds. The Bertz CT molecular complexity index is 2790. The van der Waals surface area contributed by atoms with Gasteiger partial charge in [-0.2, -0.15) is 0 Å². The molecular formula is C56H66N8O6. The molecule has 2 fully saturated rings. The van der Waals surface area contributed by atoms with Crippen molar-refractivity contribution in [2.45, 2.75) is 116 Å². The van der Waals surface area contributed by atoms with Crippen LogP contribution in [0.3, 0.4) is 0 Å². The van der Waals surface area contributed by atoms with Gasteiger partial charge in [0.25, 0.3) is 0 Å². The summed E-state index contributed by atoms with van der Waals surface area (Å²) in [5.41, 5.74) is 13.7. The van der Waals surface area contributed by atoms with E-state index in [-0.39, 0.29) is 35.7 Å². The van der Waals surface area contributed by atoms with E-state index in [1.165, 1.54) is 59.6 Å². The van der Waals surface area contributed by atoms with Gasteiger partial charge >= 0.3 is 12.2 Å². The van der Waals surface area contributed by atoms with Crippen LogP contribution in [0.25, 0.3) is 39.2 Å². The first-order chi connectivity index (χ1) is 33.9. The number of methoxy groups -OCH3 is 2. The molecule has 70 heavy (non-hydrogen) atoms. The quantitative estimate of drug-likeness (QED) is 0.0956. The second kappa shape index (κ2) is 19.6. The number of ether oxygens (including phenoxy) is 2. The normalized spacial score (nSPS) is 22.3. The molecule has 5 aliphatic rings. The summed E-state index contributed by atoms with van der Waals surface area (Å²) in [4.78, 5) is 71.9. The topological polar surface area (TPSA) is 175 Å². The lowest BCUT2D eigenvalue weighted by Gasteiger charge is -2.43. The monoisotopic (exact) mass is 947 g/mol. The maximum atomic E-state index is 13.7. The maximum absolute atomic E-state index is 13.7. The second-order valence-corrected chi connectivity index (χ2v) is 20.7. The molecule has 2 unspecified atom stereocenters. The lowest BCUT2D eigenvalue weighted by Crippen LogP contribution is -2.51. The molecule has 14 nitrogen and oxygen atoms in total. The standard InChI is InChI=1S/C56H66N8O6/c1-31(2)49(61-55(67)69-5)53(65)63-23-7-9-47(63)51-57-29-45(59-51)36-17-13-34(14-18-36)41-27-39-21-22-40-42(25-33-11-12-38(41)28-43(39)44(40)26-33)35-15-19-37(20-16-35)46-30-58-52(60-46)48-10-8-24-64(48)54(66)50(32(3)4)62-56(68)70-6/h13-20,25,27-33,40,44,47-50H,7-12,21-24,26H2,1-6H3,(H,57,59)(H,58,60)(H,61,67)(H,62,68)/t33?,40?,44-,47+,48+,49+,50+/m1/s1. The number of nitrogens with one attached hydrogen (secondary N) is 4. The minimum absolute atomic E-state index is 0.0945. The van der Waals surface area contributed by atoms with Gasteiger partial charge < -0.3 is 39.9 Å². The number of aryl methyl sites for hydroxylation is 2. The number of fused-ring (bicyclic) bond motifs is 2. The SMILES string of the molecule is COC(=O)N[C@H](C(=O)N1CCC[C@H]1c1ncc(-c2ccc(C3=CC4CCc5cc6c(cc5-c5ccc(-c7cnc([C@@H]8CCCN8C(=O)[C@@H](NC(=O)OC)C(C)C)[nH]7)cc5)CCC3[C@H]6C4)cc2)[nH]1)C(C)C. The summed E-state index contributed by atoms with van der Waals surface area (Å²) in [5.74, 6) is 2.57. The largest absolute Gasteiger partial charge is 0.453 e. The van der Waals surface area contributed by atoms with Crippen LogP contribution in [0.15, 0.2) is 79.1 Å². The van der Waals surface area contributed by atoms with Gasteiger partial charge in [-0.1, -0.05) is 94.4 Å². The highest BCUT2D eigenvalue weighted by Gasteiger charge is 2.41. The van der Waals surface area contributed by atoms with Crippen molar-refractivity contribution in [3.05, 3.63) is 113 Å². The number of carbonyl (C=O) groups is 4. The van der Waals surface area contributed by atoms with Crippen molar-refractivity contribution in [3.63, 3.8) is 0 Å². The van der Waals surface area contributed by atoms with Crippen molar-refractivity contribution in [3.8, 4) is 33.6 Å². The second-order valence-electron chi connectivity index (χ2n) is 20.7. The van der Waals surface area contributed by atoms with Crippen molar-refractivity contribution in [2.24, 2.45) is 23.7 Å². The molecule has 14 heteroatoms. The number of aromatic amines is 2. The van der Waals surface area contributed by atoms with E-state index in [4.69, 9.17) is 19.4 Å². The average Bonchev–Trinajstić information content (AvgIpc) is 4.23. The molecule has 7 atom stereocenters. The van der Waals surface area contributed by atoms with Gasteiger partial charge in [-0.05, 0) is 137 Å². The Balaban J connectivity index is 0.820. The first-order valence-electron chi connectivity index (χ1n) is 25.4. The van der Waals surface area contributed by atoms with E-state index in [1.807, 2.05) is 49.9 Å². The average molecular weight is 947 g/mol. The zero-order chi connectivity index (χ0) is 48.8. The predicted molar refractivity (Wildman–Crippen MR) is 268 cm³/mol. The van der Waals surface area contributed by atoms with Crippen molar-refractivity contribution in [1.82, 2.24) is 40.4 Å². The molecule has 2 aromatic heterocycles. The van der Waals surface area contributed by atoms with Crippen LogP contribution < -0.4 is 10.6 Å². The first-order valence-corrected chi connectivity index (χ1v) is 25.4. The molecule has 4 heterocycles. The van der Waals surface area contributed by atoms with Gasteiger partial charge in [0.2, 0.25) is 11.8 Å². The molecule has 4 bridgehead atoms. The van der Waals surface area contributed by atoms with Crippen LogP contribution in [-0.2, 0) is 31.9 Å². The summed E-state index contributed by atoms with van der Waals surface area (Å²) in [5, 5.41) is 5.47. The van der Waals surface area contributed by atoms with Gasteiger partial charge in [0.15, 0.2) is 0 Å². The third-order valence-corrected chi connectivity index (χ3v) is 15.8. The van der Waals surface area contributed by atoms with Crippen LogP contribution in [0.5, 0.6) is 0 Å². The Morgan fingerprint density at radius 3 is 1.64 bits per heavy atom. The van der Waals surface area contributed by atoms with E-state index < -0.39 is 24.3 Å². The maximum Gasteiger partial charge on any atom is 0.407 e. The number of nitrogens with zero attached hydrogens (tertiary/aromatic N) is 4. The number of rotatable bonds is 12. The van der Waals surface area contributed by atoms with Crippen LogP contribution in [0, 0.1) is 23.7 Å².